The Morgan fingerprint density at radius 1 is 1.53 bits per heavy atom. The molecule has 3 N–H and O–H groups in total. The van der Waals surface area contributed by atoms with Crippen LogP contribution in [-0.2, 0) is 6.54 Å². The van der Waals surface area contributed by atoms with E-state index in [4.69, 9.17) is 5.84 Å². The Morgan fingerprint density at radius 3 is 2.94 bits per heavy atom. The second-order valence-electron chi connectivity index (χ2n) is 3.46. The van der Waals surface area contributed by atoms with Gasteiger partial charge in [-0.2, -0.15) is 5.10 Å². The smallest absolute Gasteiger partial charge is 0.293 e. The fourth-order valence-corrected chi connectivity index (χ4v) is 1.54. The molecule has 7 nitrogen and oxygen atoms in total. The average Bonchev–Trinajstić information content (AvgIpc) is 2.81. The summed E-state index contributed by atoms with van der Waals surface area (Å²) >= 11 is 0. The van der Waals surface area contributed by atoms with E-state index in [1.807, 2.05) is 12.3 Å². The van der Waals surface area contributed by atoms with Gasteiger partial charge in [-0.05, 0) is 17.7 Å². The minimum atomic E-state index is -0.479. The predicted molar refractivity (Wildman–Crippen MR) is 62.2 cm³/mol. The third kappa shape index (κ3) is 2.40. The molecule has 2 rings (SSSR count). The van der Waals surface area contributed by atoms with Gasteiger partial charge >= 0.3 is 0 Å². The minimum absolute atomic E-state index is 0.0447. The van der Waals surface area contributed by atoms with Crippen LogP contribution in [0.4, 0.5) is 11.4 Å². The van der Waals surface area contributed by atoms with E-state index in [-0.39, 0.29) is 5.69 Å². The zero-order valence-electron chi connectivity index (χ0n) is 8.91. The van der Waals surface area contributed by atoms with Crippen molar-refractivity contribution in [3.8, 4) is 0 Å². The topological polar surface area (TPSA) is 99.0 Å². The first-order valence-electron chi connectivity index (χ1n) is 4.92. The summed E-state index contributed by atoms with van der Waals surface area (Å²) < 4.78 is 1.72. The van der Waals surface area contributed by atoms with E-state index in [2.05, 4.69) is 10.5 Å². The normalized spacial score (nSPS) is 10.2. The van der Waals surface area contributed by atoms with Crippen LogP contribution in [-0.4, -0.2) is 14.7 Å². The van der Waals surface area contributed by atoms with Crippen molar-refractivity contribution in [2.24, 2.45) is 5.84 Å². The quantitative estimate of drug-likeness (QED) is 0.468. The summed E-state index contributed by atoms with van der Waals surface area (Å²) in [6.07, 6.45) is 3.49. The van der Waals surface area contributed by atoms with E-state index < -0.39 is 4.92 Å². The van der Waals surface area contributed by atoms with Crippen LogP contribution in [0.25, 0.3) is 0 Å². The maximum atomic E-state index is 10.7. The molecule has 0 radical (unpaired) electrons. The van der Waals surface area contributed by atoms with E-state index in [0.717, 1.165) is 5.56 Å². The Labute approximate surface area is 97.0 Å². The van der Waals surface area contributed by atoms with E-state index in [1.165, 1.54) is 6.07 Å². The monoisotopic (exact) mass is 233 g/mol. The number of hydrogen-bond acceptors (Lipinski definition) is 5. The van der Waals surface area contributed by atoms with Crippen molar-refractivity contribution in [2.75, 3.05) is 5.43 Å². The van der Waals surface area contributed by atoms with Gasteiger partial charge in [0.25, 0.3) is 5.69 Å². The molecule has 0 aliphatic rings. The van der Waals surface area contributed by atoms with Crippen molar-refractivity contribution >= 4 is 11.4 Å². The summed E-state index contributed by atoms with van der Waals surface area (Å²) in [5, 5.41) is 14.8. The van der Waals surface area contributed by atoms with Gasteiger partial charge < -0.3 is 5.43 Å². The molecule has 0 bridgehead atoms. The van der Waals surface area contributed by atoms with Gasteiger partial charge in [0.15, 0.2) is 0 Å². The number of nitrogens with one attached hydrogen (secondary N) is 1. The third-order valence-corrected chi connectivity index (χ3v) is 2.32. The second-order valence-corrected chi connectivity index (χ2v) is 3.46. The van der Waals surface area contributed by atoms with E-state index in [9.17, 15) is 10.1 Å². The van der Waals surface area contributed by atoms with Gasteiger partial charge in [0.05, 0.1) is 11.5 Å². The fourth-order valence-electron chi connectivity index (χ4n) is 1.54. The molecule has 17 heavy (non-hydrogen) atoms. The lowest BCUT2D eigenvalue weighted by molar-refractivity contribution is -0.384. The van der Waals surface area contributed by atoms with Crippen molar-refractivity contribution in [2.45, 2.75) is 6.54 Å². The highest BCUT2D eigenvalue weighted by molar-refractivity contribution is 5.62. The number of aromatic nitrogens is 2. The lowest BCUT2D eigenvalue weighted by Gasteiger charge is -2.06. The number of nitrogen functional groups attached to an aromatic ring is 1. The molecule has 0 aliphatic heterocycles. The highest BCUT2D eigenvalue weighted by Gasteiger charge is 2.13. The number of rotatable bonds is 4. The van der Waals surface area contributed by atoms with Crippen LogP contribution in [0.5, 0.6) is 0 Å². The van der Waals surface area contributed by atoms with Crippen LogP contribution in [0.1, 0.15) is 5.56 Å². The van der Waals surface area contributed by atoms with Crippen molar-refractivity contribution in [3.63, 3.8) is 0 Å². The number of hydrogen-bond donors (Lipinski definition) is 2. The maximum Gasteiger partial charge on any atom is 0.293 e. The number of nitro groups is 1. The largest absolute Gasteiger partial charge is 0.318 e. The van der Waals surface area contributed by atoms with Gasteiger partial charge in [0, 0.05) is 18.5 Å². The van der Waals surface area contributed by atoms with Gasteiger partial charge in [0.2, 0.25) is 0 Å². The number of nitrogens with zero attached hydrogens (tertiary/aromatic N) is 3. The molecule has 88 valence electrons. The van der Waals surface area contributed by atoms with Gasteiger partial charge in [-0.1, -0.05) is 6.07 Å². The zero-order valence-corrected chi connectivity index (χ0v) is 8.91. The summed E-state index contributed by atoms with van der Waals surface area (Å²) in [6, 6.07) is 6.56. The Kier molecular flexibility index (Phi) is 3.01. The molecule has 0 saturated carbocycles. The van der Waals surface area contributed by atoms with Crippen LogP contribution >= 0.6 is 0 Å². The van der Waals surface area contributed by atoms with E-state index in [0.29, 0.717) is 12.2 Å². The zero-order chi connectivity index (χ0) is 12.3. The van der Waals surface area contributed by atoms with Crippen LogP contribution in [0.3, 0.4) is 0 Å². The van der Waals surface area contributed by atoms with Crippen molar-refractivity contribution < 1.29 is 4.92 Å². The van der Waals surface area contributed by atoms with Crippen LogP contribution in [0.2, 0.25) is 0 Å². The molecular weight excluding hydrogens is 222 g/mol. The average molecular weight is 233 g/mol. The molecule has 0 fully saturated rings. The highest BCUT2D eigenvalue weighted by atomic mass is 16.6. The van der Waals surface area contributed by atoms with Crippen LogP contribution in [0.15, 0.2) is 36.7 Å². The lowest BCUT2D eigenvalue weighted by Crippen LogP contribution is -2.10. The molecule has 1 aromatic heterocycles. The Morgan fingerprint density at radius 2 is 2.35 bits per heavy atom. The van der Waals surface area contributed by atoms with Gasteiger partial charge in [-0.3, -0.25) is 20.6 Å². The lowest BCUT2D eigenvalue weighted by atomic mass is 10.1. The minimum Gasteiger partial charge on any atom is -0.318 e. The fraction of sp³-hybridized carbons (Fsp3) is 0.100. The van der Waals surface area contributed by atoms with Gasteiger partial charge in [-0.15, -0.1) is 0 Å². The van der Waals surface area contributed by atoms with Crippen molar-refractivity contribution in [3.05, 3.63) is 52.3 Å². The molecule has 0 amide bonds. The summed E-state index contributed by atoms with van der Waals surface area (Å²) in [5.74, 6) is 5.25. The molecule has 2 aromatic rings. The summed E-state index contributed by atoms with van der Waals surface area (Å²) in [7, 11) is 0. The Balaban J connectivity index is 2.28. The van der Waals surface area contributed by atoms with Crippen LogP contribution in [0, 0.1) is 10.1 Å². The standard InChI is InChI=1S/C10H11N5O2/c11-13-9-6-8(2-3-10(9)15(16)17)7-14-5-1-4-12-14/h1-6,13H,7,11H2. The number of nitrogens with two attached hydrogens (primary N) is 1. The third-order valence-electron chi connectivity index (χ3n) is 2.32. The van der Waals surface area contributed by atoms with Crippen molar-refractivity contribution in [1.82, 2.24) is 9.78 Å². The molecule has 0 aliphatic carbocycles. The first kappa shape index (κ1) is 11.1. The maximum absolute atomic E-state index is 10.7. The predicted octanol–water partition coefficient (Wildman–Crippen LogP) is 1.13. The summed E-state index contributed by atoms with van der Waals surface area (Å²) in [5.41, 5.74) is 3.45. The molecule has 0 atom stereocenters. The number of nitro benzene ring substituents is 1. The van der Waals surface area contributed by atoms with Crippen molar-refractivity contribution in [1.29, 1.82) is 0 Å². The van der Waals surface area contributed by atoms with E-state index >= 15 is 0 Å². The van der Waals surface area contributed by atoms with Crippen LogP contribution < -0.4 is 11.3 Å². The molecule has 1 aromatic carbocycles. The van der Waals surface area contributed by atoms with E-state index in [1.54, 1.807) is 23.0 Å². The molecule has 7 heteroatoms. The SMILES string of the molecule is NNc1cc(Cn2cccn2)ccc1[N+](=O)[O-]. The number of anilines is 1. The highest BCUT2D eigenvalue weighted by Crippen LogP contribution is 2.24. The first-order valence-corrected chi connectivity index (χ1v) is 4.92. The Bertz CT molecular complexity index is 523. The molecule has 1 heterocycles. The van der Waals surface area contributed by atoms with Gasteiger partial charge in [-0.25, -0.2) is 0 Å². The number of benzene rings is 1. The molecule has 0 unspecified atom stereocenters. The second kappa shape index (κ2) is 4.62. The molecule has 0 spiro atoms. The number of hydrazine groups is 1. The summed E-state index contributed by atoms with van der Waals surface area (Å²) in [4.78, 5) is 10.2. The van der Waals surface area contributed by atoms with Gasteiger partial charge in [0.1, 0.15) is 5.69 Å². The molecular formula is C10H11N5O2. The summed E-state index contributed by atoms with van der Waals surface area (Å²) in [6.45, 7) is 0.541. The first-order chi connectivity index (χ1) is 8.20. The molecule has 0 saturated heterocycles. The Hall–Kier alpha value is -2.41.